The van der Waals surface area contributed by atoms with E-state index in [1.807, 2.05) is 0 Å². The van der Waals surface area contributed by atoms with Crippen LogP contribution in [0.2, 0.25) is 0 Å². The molecule has 5 heteroatoms. The second-order valence-corrected chi connectivity index (χ2v) is 4.26. The molecule has 18 heavy (non-hydrogen) atoms. The fraction of sp³-hybridized carbons (Fsp3) is 0.385. The van der Waals surface area contributed by atoms with Crippen molar-refractivity contribution in [2.45, 2.75) is 25.3 Å². The minimum atomic E-state index is -0.893. The molecular weight excluding hydrogens is 234 g/mol. The maximum atomic E-state index is 11.7. The SMILES string of the molecule is O=C(O)CCOc1ccc(C(=O)NC2CC2)cc1. The van der Waals surface area contributed by atoms with E-state index in [4.69, 9.17) is 9.84 Å². The van der Waals surface area contributed by atoms with E-state index in [0.29, 0.717) is 17.4 Å². The minimum absolute atomic E-state index is 0.0378. The third kappa shape index (κ3) is 3.76. The molecule has 5 nitrogen and oxygen atoms in total. The summed E-state index contributed by atoms with van der Waals surface area (Å²) in [6.45, 7) is 0.128. The average Bonchev–Trinajstić information content (AvgIpc) is 3.13. The molecule has 0 aliphatic heterocycles. The highest BCUT2D eigenvalue weighted by molar-refractivity contribution is 5.94. The number of carbonyl (C=O) groups is 2. The molecule has 2 N–H and O–H groups in total. The number of ether oxygens (including phenoxy) is 1. The molecule has 1 aromatic rings. The zero-order valence-electron chi connectivity index (χ0n) is 9.89. The van der Waals surface area contributed by atoms with Gasteiger partial charge in [-0.05, 0) is 37.1 Å². The molecule has 0 radical (unpaired) electrons. The van der Waals surface area contributed by atoms with Gasteiger partial charge in [-0.2, -0.15) is 0 Å². The molecule has 1 fully saturated rings. The van der Waals surface area contributed by atoms with Crippen molar-refractivity contribution in [3.05, 3.63) is 29.8 Å². The molecule has 0 atom stereocenters. The fourth-order valence-corrected chi connectivity index (χ4v) is 1.46. The molecule has 0 spiro atoms. The highest BCUT2D eigenvalue weighted by Crippen LogP contribution is 2.20. The van der Waals surface area contributed by atoms with E-state index in [9.17, 15) is 9.59 Å². The van der Waals surface area contributed by atoms with Crippen LogP contribution in [0, 0.1) is 0 Å². The third-order valence-electron chi connectivity index (χ3n) is 2.61. The monoisotopic (exact) mass is 249 g/mol. The fourth-order valence-electron chi connectivity index (χ4n) is 1.46. The average molecular weight is 249 g/mol. The largest absolute Gasteiger partial charge is 0.493 e. The van der Waals surface area contributed by atoms with Crippen molar-refractivity contribution in [3.63, 3.8) is 0 Å². The quantitative estimate of drug-likeness (QED) is 0.799. The van der Waals surface area contributed by atoms with Crippen molar-refractivity contribution in [2.75, 3.05) is 6.61 Å². The molecule has 1 saturated carbocycles. The van der Waals surface area contributed by atoms with E-state index in [-0.39, 0.29) is 18.9 Å². The lowest BCUT2D eigenvalue weighted by Crippen LogP contribution is -2.25. The van der Waals surface area contributed by atoms with Crippen molar-refractivity contribution in [2.24, 2.45) is 0 Å². The molecule has 0 saturated heterocycles. The van der Waals surface area contributed by atoms with Crippen LogP contribution in [0.3, 0.4) is 0 Å². The predicted octanol–water partition coefficient (Wildman–Crippen LogP) is 1.43. The van der Waals surface area contributed by atoms with Crippen LogP contribution in [0.1, 0.15) is 29.6 Å². The van der Waals surface area contributed by atoms with E-state index in [1.54, 1.807) is 24.3 Å². The van der Waals surface area contributed by atoms with Gasteiger partial charge in [-0.25, -0.2) is 0 Å². The Hall–Kier alpha value is -2.04. The summed E-state index contributed by atoms with van der Waals surface area (Å²) in [4.78, 5) is 22.0. The van der Waals surface area contributed by atoms with Crippen molar-refractivity contribution < 1.29 is 19.4 Å². The topological polar surface area (TPSA) is 75.6 Å². The number of carboxylic acid groups (broad SMARTS) is 1. The first-order valence-electron chi connectivity index (χ1n) is 5.90. The second kappa shape index (κ2) is 5.53. The Morgan fingerprint density at radius 1 is 1.28 bits per heavy atom. The number of hydrogen-bond acceptors (Lipinski definition) is 3. The molecule has 96 valence electrons. The van der Waals surface area contributed by atoms with Crippen LogP contribution in [0.15, 0.2) is 24.3 Å². The predicted molar refractivity (Wildman–Crippen MR) is 64.7 cm³/mol. The van der Waals surface area contributed by atoms with Gasteiger partial charge in [0.2, 0.25) is 0 Å². The van der Waals surface area contributed by atoms with E-state index in [2.05, 4.69) is 5.32 Å². The van der Waals surface area contributed by atoms with Crippen LogP contribution < -0.4 is 10.1 Å². The number of aliphatic carboxylic acids is 1. The van der Waals surface area contributed by atoms with Crippen LogP contribution in [0.5, 0.6) is 5.75 Å². The first kappa shape index (κ1) is 12.4. The second-order valence-electron chi connectivity index (χ2n) is 4.26. The summed E-state index contributed by atoms with van der Waals surface area (Å²) in [5.74, 6) is -0.399. The normalized spacial score (nSPS) is 14.0. The van der Waals surface area contributed by atoms with E-state index in [1.165, 1.54) is 0 Å². The maximum Gasteiger partial charge on any atom is 0.306 e. The number of amides is 1. The molecule has 0 unspecified atom stereocenters. The smallest absolute Gasteiger partial charge is 0.306 e. The Labute approximate surface area is 105 Å². The van der Waals surface area contributed by atoms with Gasteiger partial charge in [0, 0.05) is 11.6 Å². The lowest BCUT2D eigenvalue weighted by atomic mass is 10.2. The van der Waals surface area contributed by atoms with Gasteiger partial charge in [-0.15, -0.1) is 0 Å². The summed E-state index contributed by atoms with van der Waals surface area (Å²) in [6, 6.07) is 7.03. The first-order valence-corrected chi connectivity index (χ1v) is 5.90. The number of benzene rings is 1. The Balaban J connectivity index is 1.84. The highest BCUT2D eigenvalue weighted by Gasteiger charge is 2.23. The number of carbonyl (C=O) groups excluding carboxylic acids is 1. The van der Waals surface area contributed by atoms with Crippen molar-refractivity contribution >= 4 is 11.9 Å². The standard InChI is InChI=1S/C13H15NO4/c15-12(16)7-8-18-11-5-1-9(2-6-11)13(17)14-10-3-4-10/h1-2,5-6,10H,3-4,7-8H2,(H,14,17)(H,15,16). The van der Waals surface area contributed by atoms with Crippen LogP contribution in [0.4, 0.5) is 0 Å². The zero-order chi connectivity index (χ0) is 13.0. The van der Waals surface area contributed by atoms with Crippen LogP contribution in [0.25, 0.3) is 0 Å². The van der Waals surface area contributed by atoms with Crippen LogP contribution in [-0.2, 0) is 4.79 Å². The Bertz CT molecular complexity index is 437. The number of hydrogen-bond donors (Lipinski definition) is 2. The highest BCUT2D eigenvalue weighted by atomic mass is 16.5. The molecule has 1 amide bonds. The molecule has 0 heterocycles. The van der Waals surface area contributed by atoms with Gasteiger partial charge in [0.05, 0.1) is 13.0 Å². The lowest BCUT2D eigenvalue weighted by Gasteiger charge is -2.06. The number of nitrogens with one attached hydrogen (secondary N) is 1. The summed E-state index contributed by atoms with van der Waals surface area (Å²) in [7, 11) is 0. The number of carboxylic acids is 1. The first-order chi connectivity index (χ1) is 8.65. The summed E-state index contributed by atoms with van der Waals surface area (Å²) in [5.41, 5.74) is 0.590. The Kier molecular flexibility index (Phi) is 3.82. The van der Waals surface area contributed by atoms with Gasteiger partial charge >= 0.3 is 5.97 Å². The van der Waals surface area contributed by atoms with Crippen LogP contribution in [-0.4, -0.2) is 29.6 Å². The number of rotatable bonds is 6. The Morgan fingerprint density at radius 3 is 2.50 bits per heavy atom. The zero-order valence-corrected chi connectivity index (χ0v) is 9.89. The maximum absolute atomic E-state index is 11.7. The lowest BCUT2D eigenvalue weighted by molar-refractivity contribution is -0.137. The summed E-state index contributed by atoms with van der Waals surface area (Å²) in [6.07, 6.45) is 2.08. The molecule has 2 rings (SSSR count). The van der Waals surface area contributed by atoms with E-state index < -0.39 is 5.97 Å². The molecule has 1 aliphatic carbocycles. The minimum Gasteiger partial charge on any atom is -0.493 e. The summed E-state index contributed by atoms with van der Waals surface area (Å²) in [5, 5.41) is 11.4. The van der Waals surface area contributed by atoms with Gasteiger partial charge in [0.1, 0.15) is 5.75 Å². The molecular formula is C13H15NO4. The van der Waals surface area contributed by atoms with Crippen molar-refractivity contribution in [1.29, 1.82) is 0 Å². The van der Waals surface area contributed by atoms with E-state index in [0.717, 1.165) is 12.8 Å². The third-order valence-corrected chi connectivity index (χ3v) is 2.61. The van der Waals surface area contributed by atoms with Crippen molar-refractivity contribution in [1.82, 2.24) is 5.32 Å². The molecule has 1 aliphatic rings. The molecule has 1 aromatic carbocycles. The van der Waals surface area contributed by atoms with Crippen LogP contribution >= 0.6 is 0 Å². The van der Waals surface area contributed by atoms with Gasteiger partial charge in [-0.3, -0.25) is 9.59 Å². The summed E-state index contributed by atoms with van der Waals surface area (Å²) < 4.78 is 5.23. The van der Waals surface area contributed by atoms with Gasteiger partial charge < -0.3 is 15.2 Å². The van der Waals surface area contributed by atoms with E-state index >= 15 is 0 Å². The molecule has 0 aromatic heterocycles. The summed E-state index contributed by atoms with van der Waals surface area (Å²) >= 11 is 0. The molecule has 0 bridgehead atoms. The van der Waals surface area contributed by atoms with Gasteiger partial charge in [0.15, 0.2) is 0 Å². The van der Waals surface area contributed by atoms with Crippen molar-refractivity contribution in [3.8, 4) is 5.75 Å². The Morgan fingerprint density at radius 2 is 1.94 bits per heavy atom. The van der Waals surface area contributed by atoms with Gasteiger partial charge in [0.25, 0.3) is 5.91 Å². The van der Waals surface area contributed by atoms with Gasteiger partial charge in [-0.1, -0.05) is 0 Å².